The van der Waals surface area contributed by atoms with Gasteiger partial charge >= 0.3 is 6.61 Å². The van der Waals surface area contributed by atoms with Gasteiger partial charge in [-0.1, -0.05) is 41.4 Å². The maximum Gasteiger partial charge on any atom is 0.387 e. The van der Waals surface area contributed by atoms with Crippen LogP contribution in [0.1, 0.15) is 30.9 Å². The average molecular weight is 439 g/mol. The van der Waals surface area contributed by atoms with Gasteiger partial charge < -0.3 is 4.74 Å². The fraction of sp³-hybridized carbons (Fsp3) is 0.350. The molecule has 0 aliphatic rings. The van der Waals surface area contributed by atoms with E-state index in [9.17, 15) is 13.6 Å². The Hall–Kier alpha value is -2.15. The highest BCUT2D eigenvalue weighted by atomic mass is 79.9. The minimum absolute atomic E-state index is 0.129. The molecule has 144 valence electrons. The van der Waals surface area contributed by atoms with Crippen LogP contribution in [0.2, 0.25) is 0 Å². The lowest BCUT2D eigenvalue weighted by molar-refractivity contribution is -0.0505. The summed E-state index contributed by atoms with van der Waals surface area (Å²) in [5.74, 6) is 0.134. The molecule has 0 fully saturated rings. The first kappa shape index (κ1) is 19.6. The first-order chi connectivity index (χ1) is 12.9. The Bertz CT molecular complexity index is 1010. The Morgan fingerprint density at radius 3 is 2.67 bits per heavy atom. The normalized spacial score (nSPS) is 11.5. The number of nitrogens with zero attached hydrogens (tertiary/aromatic N) is 2. The van der Waals surface area contributed by atoms with Crippen molar-refractivity contribution in [3.05, 3.63) is 62.4 Å². The summed E-state index contributed by atoms with van der Waals surface area (Å²) in [6.07, 6.45) is 2.94. The van der Waals surface area contributed by atoms with Crippen molar-refractivity contribution in [3.63, 3.8) is 0 Å². The largest absolute Gasteiger partial charge is 0.434 e. The predicted octanol–water partition coefficient (Wildman–Crippen LogP) is 5.09. The fourth-order valence-corrected chi connectivity index (χ4v) is 3.55. The van der Waals surface area contributed by atoms with E-state index in [1.165, 1.54) is 4.68 Å². The number of aromatic nitrogens is 2. The monoisotopic (exact) mass is 438 g/mol. The van der Waals surface area contributed by atoms with Gasteiger partial charge in [0.05, 0.1) is 17.4 Å². The molecule has 2 aromatic carbocycles. The van der Waals surface area contributed by atoms with E-state index in [0.29, 0.717) is 10.9 Å². The van der Waals surface area contributed by atoms with Gasteiger partial charge in [-0.25, -0.2) is 0 Å². The molecular weight excluding hydrogens is 418 g/mol. The molecule has 27 heavy (non-hydrogen) atoms. The molecule has 0 N–H and O–H groups in total. The Kier molecular flexibility index (Phi) is 5.99. The van der Waals surface area contributed by atoms with Crippen LogP contribution in [-0.2, 0) is 20.0 Å². The second-order valence-corrected chi connectivity index (χ2v) is 7.39. The number of aryl methyl sites for hydroxylation is 1. The van der Waals surface area contributed by atoms with Crippen molar-refractivity contribution in [2.24, 2.45) is 7.05 Å². The third kappa shape index (κ3) is 4.24. The van der Waals surface area contributed by atoms with Crippen LogP contribution in [0.15, 0.2) is 45.7 Å². The first-order valence-corrected chi connectivity index (χ1v) is 9.61. The number of unbranched alkanes of at least 4 members (excludes halogenated alkanes) is 1. The Balaban J connectivity index is 2.08. The smallest absolute Gasteiger partial charge is 0.387 e. The van der Waals surface area contributed by atoms with Crippen molar-refractivity contribution >= 4 is 26.8 Å². The highest BCUT2D eigenvalue weighted by Crippen LogP contribution is 2.26. The van der Waals surface area contributed by atoms with Gasteiger partial charge in [0.2, 0.25) is 0 Å². The standard InChI is InChI=1S/C20H21BrF2N2O2/c1-3-4-5-13-6-9-18(27-20(22)23)14(10-13)12-25-17-11-15(21)7-8-16(17)19(26)24(25)2/h6-11,20H,3-5,12H2,1-2H3. The maximum atomic E-state index is 12.8. The Labute approximate surface area is 164 Å². The van der Waals surface area contributed by atoms with Crippen LogP contribution in [0.25, 0.3) is 10.9 Å². The Morgan fingerprint density at radius 1 is 1.19 bits per heavy atom. The van der Waals surface area contributed by atoms with Crippen LogP contribution in [0.4, 0.5) is 8.78 Å². The molecular formula is C20H21BrF2N2O2. The molecule has 0 radical (unpaired) electrons. The molecule has 0 saturated heterocycles. The summed E-state index contributed by atoms with van der Waals surface area (Å²) in [5, 5.41) is 0.583. The van der Waals surface area contributed by atoms with Gasteiger partial charge in [0.1, 0.15) is 5.75 Å². The summed E-state index contributed by atoms with van der Waals surface area (Å²) in [7, 11) is 1.67. The van der Waals surface area contributed by atoms with E-state index in [-0.39, 0.29) is 17.9 Å². The van der Waals surface area contributed by atoms with E-state index in [1.54, 1.807) is 23.9 Å². The minimum Gasteiger partial charge on any atom is -0.434 e. The van der Waals surface area contributed by atoms with Crippen LogP contribution in [0.5, 0.6) is 5.75 Å². The number of hydrogen-bond acceptors (Lipinski definition) is 2. The van der Waals surface area contributed by atoms with Crippen LogP contribution < -0.4 is 10.3 Å². The molecule has 0 aliphatic carbocycles. The zero-order valence-electron chi connectivity index (χ0n) is 15.2. The van der Waals surface area contributed by atoms with E-state index >= 15 is 0 Å². The van der Waals surface area contributed by atoms with Crippen molar-refractivity contribution in [2.45, 2.75) is 39.3 Å². The molecule has 3 aromatic rings. The van der Waals surface area contributed by atoms with Crippen molar-refractivity contribution in [2.75, 3.05) is 0 Å². The molecule has 0 spiro atoms. The fourth-order valence-electron chi connectivity index (χ4n) is 3.20. The van der Waals surface area contributed by atoms with Crippen molar-refractivity contribution in [1.29, 1.82) is 0 Å². The molecule has 0 bridgehead atoms. The molecule has 0 aliphatic heterocycles. The van der Waals surface area contributed by atoms with Gasteiger partial charge in [-0.05, 0) is 42.7 Å². The Morgan fingerprint density at radius 2 is 1.96 bits per heavy atom. The summed E-state index contributed by atoms with van der Waals surface area (Å²) < 4.78 is 34.5. The van der Waals surface area contributed by atoms with Crippen molar-refractivity contribution < 1.29 is 13.5 Å². The summed E-state index contributed by atoms with van der Waals surface area (Å²) in [5.41, 5.74) is 2.29. The average Bonchev–Trinajstić information content (AvgIpc) is 2.85. The predicted molar refractivity (Wildman–Crippen MR) is 106 cm³/mol. The molecule has 0 unspecified atom stereocenters. The van der Waals surface area contributed by atoms with Crippen LogP contribution in [-0.4, -0.2) is 16.0 Å². The summed E-state index contributed by atoms with van der Waals surface area (Å²) in [6, 6.07) is 10.7. The molecule has 7 heteroatoms. The third-order valence-electron chi connectivity index (χ3n) is 4.60. The van der Waals surface area contributed by atoms with E-state index < -0.39 is 6.61 Å². The number of alkyl halides is 2. The summed E-state index contributed by atoms with van der Waals surface area (Å²) in [4.78, 5) is 12.5. The van der Waals surface area contributed by atoms with Gasteiger partial charge in [-0.2, -0.15) is 8.78 Å². The number of ether oxygens (including phenoxy) is 1. The topological polar surface area (TPSA) is 36.2 Å². The highest BCUT2D eigenvalue weighted by molar-refractivity contribution is 9.10. The van der Waals surface area contributed by atoms with E-state index in [4.69, 9.17) is 4.74 Å². The molecule has 4 nitrogen and oxygen atoms in total. The molecule has 3 rings (SSSR count). The second-order valence-electron chi connectivity index (χ2n) is 6.47. The quantitative estimate of drug-likeness (QED) is 0.514. The zero-order valence-corrected chi connectivity index (χ0v) is 16.8. The lowest BCUT2D eigenvalue weighted by Gasteiger charge is -2.15. The van der Waals surface area contributed by atoms with Crippen molar-refractivity contribution in [3.8, 4) is 5.75 Å². The molecule has 0 saturated carbocycles. The number of hydrogen-bond donors (Lipinski definition) is 0. The second kappa shape index (κ2) is 8.25. The van der Waals surface area contributed by atoms with Crippen LogP contribution >= 0.6 is 15.9 Å². The number of benzene rings is 2. The van der Waals surface area contributed by atoms with Gasteiger partial charge in [0, 0.05) is 17.1 Å². The maximum absolute atomic E-state index is 12.8. The lowest BCUT2D eigenvalue weighted by Crippen LogP contribution is -2.20. The lowest BCUT2D eigenvalue weighted by atomic mass is 10.0. The molecule has 1 aromatic heterocycles. The summed E-state index contributed by atoms with van der Waals surface area (Å²) in [6.45, 7) is -0.535. The van der Waals surface area contributed by atoms with Gasteiger partial charge in [0.15, 0.2) is 0 Å². The number of rotatable bonds is 7. The van der Waals surface area contributed by atoms with E-state index in [2.05, 4.69) is 22.9 Å². The van der Waals surface area contributed by atoms with Crippen LogP contribution in [0.3, 0.4) is 0 Å². The van der Waals surface area contributed by atoms with E-state index in [1.807, 2.05) is 24.3 Å². The summed E-state index contributed by atoms with van der Waals surface area (Å²) >= 11 is 3.42. The minimum atomic E-state index is -2.90. The molecule has 0 amide bonds. The molecule has 0 atom stereocenters. The SMILES string of the molecule is CCCCc1ccc(OC(F)F)c(Cn2c3cc(Br)ccc3c(=O)n2C)c1. The van der Waals surface area contributed by atoms with Gasteiger partial charge in [0.25, 0.3) is 5.56 Å². The zero-order chi connectivity index (χ0) is 19.6. The number of fused-ring (bicyclic) bond motifs is 1. The van der Waals surface area contributed by atoms with Gasteiger partial charge in [-0.15, -0.1) is 0 Å². The van der Waals surface area contributed by atoms with Crippen molar-refractivity contribution in [1.82, 2.24) is 9.36 Å². The third-order valence-corrected chi connectivity index (χ3v) is 5.10. The van der Waals surface area contributed by atoms with Gasteiger partial charge in [-0.3, -0.25) is 14.2 Å². The number of halogens is 3. The molecule has 1 heterocycles. The first-order valence-electron chi connectivity index (χ1n) is 8.82. The van der Waals surface area contributed by atoms with E-state index in [0.717, 1.165) is 34.8 Å². The highest BCUT2D eigenvalue weighted by Gasteiger charge is 2.16. The van der Waals surface area contributed by atoms with Crippen LogP contribution in [0, 0.1) is 0 Å².